The highest BCUT2D eigenvalue weighted by Crippen LogP contribution is 2.32. The summed E-state index contributed by atoms with van der Waals surface area (Å²) in [4.78, 5) is 2.34. The van der Waals surface area contributed by atoms with E-state index in [1.54, 1.807) is 15.8 Å². The molecule has 1 aliphatic heterocycles. The Bertz CT molecular complexity index is 563. The van der Waals surface area contributed by atoms with E-state index in [2.05, 4.69) is 41.7 Å². The SMILES string of the molecule is CC(C)N(C)CC1CCN(S(=O)(=O)c2sccc2Br)CC1. The van der Waals surface area contributed by atoms with Gasteiger partial charge in [-0.15, -0.1) is 11.3 Å². The van der Waals surface area contributed by atoms with E-state index in [0.717, 1.165) is 19.4 Å². The number of hydrogen-bond acceptors (Lipinski definition) is 4. The van der Waals surface area contributed by atoms with Crippen LogP contribution in [0.1, 0.15) is 26.7 Å². The molecule has 21 heavy (non-hydrogen) atoms. The van der Waals surface area contributed by atoms with Gasteiger partial charge in [0.2, 0.25) is 0 Å². The maximum atomic E-state index is 12.6. The van der Waals surface area contributed by atoms with Crippen molar-refractivity contribution in [2.45, 2.75) is 36.9 Å². The molecule has 2 rings (SSSR count). The van der Waals surface area contributed by atoms with Crippen LogP contribution >= 0.6 is 27.3 Å². The molecule has 7 heteroatoms. The topological polar surface area (TPSA) is 40.6 Å². The first-order valence-corrected chi connectivity index (χ1v) is 10.4. The van der Waals surface area contributed by atoms with Crippen molar-refractivity contribution in [3.63, 3.8) is 0 Å². The summed E-state index contributed by atoms with van der Waals surface area (Å²) in [6.45, 7) is 6.68. The molecule has 0 bridgehead atoms. The van der Waals surface area contributed by atoms with Crippen molar-refractivity contribution in [2.24, 2.45) is 5.92 Å². The predicted octanol–water partition coefficient (Wildman–Crippen LogP) is 3.25. The minimum atomic E-state index is -3.33. The van der Waals surface area contributed by atoms with Crippen LogP contribution in [-0.2, 0) is 10.0 Å². The Labute approximate surface area is 140 Å². The molecule has 0 aromatic carbocycles. The summed E-state index contributed by atoms with van der Waals surface area (Å²) >= 11 is 4.61. The minimum absolute atomic E-state index is 0.431. The van der Waals surface area contributed by atoms with Gasteiger partial charge in [-0.2, -0.15) is 4.31 Å². The van der Waals surface area contributed by atoms with Gasteiger partial charge in [-0.05, 0) is 67.0 Å². The zero-order valence-electron chi connectivity index (χ0n) is 12.8. The zero-order chi connectivity index (χ0) is 15.6. The zero-order valence-corrected chi connectivity index (χ0v) is 16.0. The first-order chi connectivity index (χ1) is 9.82. The molecule has 1 aromatic rings. The fraction of sp³-hybridized carbons (Fsp3) is 0.714. The molecule has 0 atom stereocenters. The fourth-order valence-corrected chi connectivity index (χ4v) is 6.45. The summed E-state index contributed by atoms with van der Waals surface area (Å²) in [7, 11) is -1.19. The maximum absolute atomic E-state index is 12.6. The summed E-state index contributed by atoms with van der Waals surface area (Å²) in [6.07, 6.45) is 1.89. The normalized spacial score (nSPS) is 18.8. The van der Waals surface area contributed by atoms with E-state index in [4.69, 9.17) is 0 Å². The molecule has 120 valence electrons. The molecule has 2 heterocycles. The summed E-state index contributed by atoms with van der Waals surface area (Å²) in [6, 6.07) is 2.33. The van der Waals surface area contributed by atoms with Gasteiger partial charge < -0.3 is 4.90 Å². The van der Waals surface area contributed by atoms with Crippen LogP contribution in [0.15, 0.2) is 20.1 Å². The van der Waals surface area contributed by atoms with Crippen molar-refractivity contribution in [1.29, 1.82) is 0 Å². The van der Waals surface area contributed by atoms with Crippen molar-refractivity contribution in [1.82, 2.24) is 9.21 Å². The molecule has 0 aliphatic carbocycles. The second kappa shape index (κ2) is 7.08. The van der Waals surface area contributed by atoms with Gasteiger partial charge in [-0.25, -0.2) is 8.42 Å². The first kappa shape index (κ1) is 17.4. The van der Waals surface area contributed by atoms with Crippen LogP contribution in [0.25, 0.3) is 0 Å². The number of halogens is 1. The molecular weight excluding hydrogens is 372 g/mol. The molecule has 0 radical (unpaired) electrons. The third kappa shape index (κ3) is 4.07. The van der Waals surface area contributed by atoms with Crippen molar-refractivity contribution in [3.8, 4) is 0 Å². The summed E-state index contributed by atoms with van der Waals surface area (Å²) < 4.78 is 27.9. The van der Waals surface area contributed by atoms with Crippen LogP contribution in [0.3, 0.4) is 0 Å². The van der Waals surface area contributed by atoms with Gasteiger partial charge in [0.05, 0.1) is 0 Å². The molecule has 0 amide bonds. The molecule has 1 saturated heterocycles. The second-order valence-electron chi connectivity index (χ2n) is 5.94. The molecule has 1 fully saturated rings. The predicted molar refractivity (Wildman–Crippen MR) is 91.3 cm³/mol. The molecule has 1 aliphatic rings. The van der Waals surface area contributed by atoms with E-state index in [-0.39, 0.29) is 0 Å². The molecule has 0 spiro atoms. The van der Waals surface area contributed by atoms with Gasteiger partial charge in [-0.1, -0.05) is 0 Å². The Morgan fingerprint density at radius 2 is 2.05 bits per heavy atom. The van der Waals surface area contributed by atoms with Gasteiger partial charge in [0, 0.05) is 30.1 Å². The van der Waals surface area contributed by atoms with E-state index >= 15 is 0 Å². The third-order valence-corrected chi connectivity index (χ3v) is 8.71. The van der Waals surface area contributed by atoms with Gasteiger partial charge >= 0.3 is 0 Å². The Balaban J connectivity index is 1.97. The van der Waals surface area contributed by atoms with Crippen molar-refractivity contribution >= 4 is 37.3 Å². The lowest BCUT2D eigenvalue weighted by molar-refractivity contribution is 0.182. The van der Waals surface area contributed by atoms with Crippen LogP contribution < -0.4 is 0 Å². The number of sulfonamides is 1. The highest BCUT2D eigenvalue weighted by atomic mass is 79.9. The molecule has 4 nitrogen and oxygen atoms in total. The van der Waals surface area contributed by atoms with E-state index < -0.39 is 10.0 Å². The molecule has 0 saturated carbocycles. The quantitative estimate of drug-likeness (QED) is 0.769. The van der Waals surface area contributed by atoms with Crippen LogP contribution in [0.5, 0.6) is 0 Å². The fourth-order valence-electron chi connectivity index (χ4n) is 2.53. The number of piperidine rings is 1. The van der Waals surface area contributed by atoms with Gasteiger partial charge in [0.1, 0.15) is 4.21 Å². The largest absolute Gasteiger partial charge is 0.304 e. The summed E-state index contributed by atoms with van der Waals surface area (Å²) in [5.74, 6) is 0.593. The lowest BCUT2D eigenvalue weighted by atomic mass is 9.97. The molecule has 0 N–H and O–H groups in total. The Hall–Kier alpha value is 0.0500. The average Bonchev–Trinajstić information content (AvgIpc) is 2.86. The van der Waals surface area contributed by atoms with Crippen LogP contribution in [0, 0.1) is 5.92 Å². The highest BCUT2D eigenvalue weighted by Gasteiger charge is 2.31. The van der Waals surface area contributed by atoms with Gasteiger partial charge in [0.15, 0.2) is 0 Å². The standard InChI is InChI=1S/C14H23BrN2O2S2/c1-11(2)16(3)10-12-4-7-17(8-5-12)21(18,19)14-13(15)6-9-20-14/h6,9,11-12H,4-5,7-8,10H2,1-3H3. The Kier molecular flexibility index (Phi) is 5.87. The lowest BCUT2D eigenvalue weighted by Gasteiger charge is -2.34. The van der Waals surface area contributed by atoms with Crippen LogP contribution in [-0.4, -0.2) is 50.3 Å². The van der Waals surface area contributed by atoms with Crippen molar-refractivity contribution in [2.75, 3.05) is 26.7 Å². The Morgan fingerprint density at radius 1 is 1.43 bits per heavy atom. The van der Waals surface area contributed by atoms with E-state index in [1.165, 1.54) is 11.3 Å². The highest BCUT2D eigenvalue weighted by molar-refractivity contribution is 9.10. The van der Waals surface area contributed by atoms with Crippen molar-refractivity contribution < 1.29 is 8.42 Å². The molecule has 0 unspecified atom stereocenters. The average molecular weight is 395 g/mol. The minimum Gasteiger partial charge on any atom is -0.304 e. The van der Waals surface area contributed by atoms with Crippen molar-refractivity contribution in [3.05, 3.63) is 15.9 Å². The van der Waals surface area contributed by atoms with Crippen LogP contribution in [0.2, 0.25) is 0 Å². The number of rotatable bonds is 5. The summed E-state index contributed by atoms with van der Waals surface area (Å²) in [5.41, 5.74) is 0. The third-order valence-electron chi connectivity index (χ3n) is 4.16. The number of nitrogens with zero attached hydrogens (tertiary/aromatic N) is 2. The van der Waals surface area contributed by atoms with Gasteiger partial charge in [-0.3, -0.25) is 0 Å². The smallest absolute Gasteiger partial charge is 0.253 e. The van der Waals surface area contributed by atoms with Crippen LogP contribution in [0.4, 0.5) is 0 Å². The maximum Gasteiger partial charge on any atom is 0.253 e. The van der Waals surface area contributed by atoms with E-state index in [9.17, 15) is 8.42 Å². The monoisotopic (exact) mass is 394 g/mol. The van der Waals surface area contributed by atoms with Gasteiger partial charge in [0.25, 0.3) is 10.0 Å². The lowest BCUT2D eigenvalue weighted by Crippen LogP contribution is -2.41. The Morgan fingerprint density at radius 3 is 2.52 bits per heavy atom. The second-order valence-corrected chi connectivity index (χ2v) is 9.84. The number of hydrogen-bond donors (Lipinski definition) is 0. The molecule has 1 aromatic heterocycles. The number of thiophene rings is 1. The first-order valence-electron chi connectivity index (χ1n) is 7.25. The molecular formula is C14H23BrN2O2S2. The van der Waals surface area contributed by atoms with E-state index in [0.29, 0.717) is 33.7 Å². The van der Waals surface area contributed by atoms with E-state index in [1.807, 2.05) is 0 Å². The summed E-state index contributed by atoms with van der Waals surface area (Å²) in [5, 5.41) is 1.81.